The highest BCUT2D eigenvalue weighted by atomic mass is 35.5. The minimum Gasteiger partial charge on any atom is -0.318 e. The number of hydrazone groups is 1. The molecular formula is C32H31ClN6O4S. The molecule has 2 heterocycles. The van der Waals surface area contributed by atoms with Crippen molar-refractivity contribution in [3.05, 3.63) is 129 Å². The summed E-state index contributed by atoms with van der Waals surface area (Å²) in [7, 11) is -2.66. The number of carbonyl (C=O) groups is 1. The fourth-order valence-corrected chi connectivity index (χ4v) is 6.71. The standard InChI is InChI=1S/C32H31ClN6O4S/c1-22-19-25(23(2)38(22)27-17-15-26(33)16-18-27)20-34-35-30(40)21-37(44(42,43)29-13-9-6-10-14-29)31-24(3)36(4)39(32(31)41)28-11-7-5-8-12-28/h5-20H,21H2,1-4H3,(H,35,40)/b34-20-. The van der Waals surface area contributed by atoms with Gasteiger partial charge in [-0.3, -0.25) is 14.3 Å². The van der Waals surface area contributed by atoms with Crippen LogP contribution >= 0.6 is 11.6 Å². The van der Waals surface area contributed by atoms with Crippen LogP contribution < -0.4 is 15.3 Å². The van der Waals surface area contributed by atoms with Gasteiger partial charge in [0.1, 0.15) is 12.2 Å². The van der Waals surface area contributed by atoms with Crippen LogP contribution in [0.3, 0.4) is 0 Å². The molecule has 0 spiro atoms. The maximum Gasteiger partial charge on any atom is 0.296 e. The Morgan fingerprint density at radius 2 is 1.52 bits per heavy atom. The van der Waals surface area contributed by atoms with Crippen LogP contribution in [-0.2, 0) is 21.9 Å². The average molecular weight is 631 g/mol. The molecule has 0 aliphatic rings. The van der Waals surface area contributed by atoms with Crippen molar-refractivity contribution in [1.82, 2.24) is 19.4 Å². The predicted molar refractivity (Wildman–Crippen MR) is 173 cm³/mol. The van der Waals surface area contributed by atoms with E-state index in [0.29, 0.717) is 16.4 Å². The fraction of sp³-hybridized carbons (Fsp3) is 0.156. The minimum atomic E-state index is -4.32. The molecule has 12 heteroatoms. The largest absolute Gasteiger partial charge is 0.318 e. The van der Waals surface area contributed by atoms with Gasteiger partial charge in [-0.05, 0) is 75.4 Å². The van der Waals surface area contributed by atoms with E-state index in [9.17, 15) is 18.0 Å². The first kappa shape index (κ1) is 30.6. The number of benzene rings is 3. The molecule has 1 N–H and O–H groups in total. The van der Waals surface area contributed by atoms with E-state index in [4.69, 9.17) is 11.6 Å². The van der Waals surface area contributed by atoms with Crippen molar-refractivity contribution in [2.75, 3.05) is 10.8 Å². The summed E-state index contributed by atoms with van der Waals surface area (Å²) in [6.07, 6.45) is 1.50. The van der Waals surface area contributed by atoms with Crippen molar-refractivity contribution in [2.45, 2.75) is 25.7 Å². The number of hydrogen-bond acceptors (Lipinski definition) is 5. The Morgan fingerprint density at radius 3 is 2.16 bits per heavy atom. The summed E-state index contributed by atoms with van der Waals surface area (Å²) in [5.74, 6) is -0.721. The lowest BCUT2D eigenvalue weighted by Gasteiger charge is -2.22. The van der Waals surface area contributed by atoms with Crippen molar-refractivity contribution < 1.29 is 13.2 Å². The van der Waals surface area contributed by atoms with Crippen LogP contribution in [0.15, 0.2) is 106 Å². The molecule has 0 atom stereocenters. The van der Waals surface area contributed by atoms with E-state index in [1.807, 2.05) is 54.8 Å². The molecule has 0 unspecified atom stereocenters. The Bertz CT molecular complexity index is 2010. The number of para-hydroxylation sites is 1. The zero-order valence-electron chi connectivity index (χ0n) is 24.6. The number of rotatable bonds is 9. The Morgan fingerprint density at radius 1 is 0.909 bits per heavy atom. The topological polar surface area (TPSA) is 111 Å². The Balaban J connectivity index is 1.46. The van der Waals surface area contributed by atoms with Gasteiger partial charge in [-0.25, -0.2) is 22.8 Å². The maximum absolute atomic E-state index is 13.9. The van der Waals surface area contributed by atoms with E-state index in [0.717, 1.165) is 26.9 Å². The third-order valence-corrected chi connectivity index (χ3v) is 9.35. The van der Waals surface area contributed by atoms with E-state index in [1.54, 1.807) is 61.1 Å². The number of carbonyl (C=O) groups excluding carboxylic acids is 1. The molecule has 0 saturated carbocycles. The summed E-state index contributed by atoms with van der Waals surface area (Å²) in [6, 6.07) is 25.9. The summed E-state index contributed by atoms with van der Waals surface area (Å²) in [5.41, 5.74) is 6.16. The van der Waals surface area contributed by atoms with E-state index in [1.165, 1.54) is 23.0 Å². The third-order valence-electron chi connectivity index (χ3n) is 7.34. The van der Waals surface area contributed by atoms with Crippen molar-refractivity contribution >= 4 is 39.4 Å². The molecule has 0 bridgehead atoms. The lowest BCUT2D eigenvalue weighted by molar-refractivity contribution is -0.119. The summed E-state index contributed by atoms with van der Waals surface area (Å²) in [5, 5.41) is 4.75. The number of sulfonamides is 1. The van der Waals surface area contributed by atoms with Gasteiger partial charge in [0, 0.05) is 34.7 Å². The van der Waals surface area contributed by atoms with Gasteiger partial charge in [0.25, 0.3) is 21.5 Å². The van der Waals surface area contributed by atoms with Crippen LogP contribution in [0.2, 0.25) is 5.02 Å². The second kappa shape index (κ2) is 12.4. The first-order valence-corrected chi connectivity index (χ1v) is 15.5. The molecule has 1 amide bonds. The highest BCUT2D eigenvalue weighted by Crippen LogP contribution is 2.25. The van der Waals surface area contributed by atoms with Crippen molar-refractivity contribution in [3.63, 3.8) is 0 Å². The first-order chi connectivity index (χ1) is 21.0. The number of hydrogen-bond donors (Lipinski definition) is 1. The molecule has 44 heavy (non-hydrogen) atoms. The molecule has 0 aliphatic carbocycles. The number of aryl methyl sites for hydroxylation is 1. The number of aromatic nitrogens is 3. The van der Waals surface area contributed by atoms with Gasteiger partial charge in [0.2, 0.25) is 0 Å². The number of halogens is 1. The molecule has 5 aromatic rings. The minimum absolute atomic E-state index is 0.0557. The first-order valence-electron chi connectivity index (χ1n) is 13.7. The SMILES string of the molecule is Cc1cc(/C=N\NC(=O)CN(c2c(C)n(C)n(-c3ccccc3)c2=O)S(=O)(=O)c2ccccc2)c(C)n1-c1ccc(Cl)cc1. The van der Waals surface area contributed by atoms with Gasteiger partial charge in [-0.15, -0.1) is 0 Å². The number of anilines is 1. The summed E-state index contributed by atoms with van der Waals surface area (Å²) in [4.78, 5) is 27.0. The van der Waals surface area contributed by atoms with Crippen molar-refractivity contribution in [3.8, 4) is 11.4 Å². The molecule has 0 radical (unpaired) electrons. The Kier molecular flexibility index (Phi) is 8.61. The predicted octanol–water partition coefficient (Wildman–Crippen LogP) is 4.89. The van der Waals surface area contributed by atoms with Crippen LogP contribution in [0.5, 0.6) is 0 Å². The second-order valence-corrected chi connectivity index (χ2v) is 12.5. The fourth-order valence-electron chi connectivity index (χ4n) is 5.09. The molecule has 0 aliphatic heterocycles. The molecule has 0 saturated heterocycles. The molecule has 2 aromatic heterocycles. The van der Waals surface area contributed by atoms with Crippen molar-refractivity contribution in [2.24, 2.45) is 12.1 Å². The van der Waals surface area contributed by atoms with Gasteiger partial charge in [0.05, 0.1) is 22.5 Å². The van der Waals surface area contributed by atoms with E-state index in [2.05, 4.69) is 10.5 Å². The summed E-state index contributed by atoms with van der Waals surface area (Å²) in [6.45, 7) is 4.84. The normalized spacial score (nSPS) is 11.7. The van der Waals surface area contributed by atoms with E-state index < -0.39 is 28.0 Å². The smallest absolute Gasteiger partial charge is 0.296 e. The van der Waals surface area contributed by atoms with Gasteiger partial charge in [0.15, 0.2) is 0 Å². The second-order valence-electron chi connectivity index (χ2n) is 10.2. The quantitative estimate of drug-likeness (QED) is 0.185. The van der Waals surface area contributed by atoms with Crippen LogP contribution in [0.25, 0.3) is 11.4 Å². The lowest BCUT2D eigenvalue weighted by Crippen LogP contribution is -2.42. The monoisotopic (exact) mass is 630 g/mol. The molecule has 5 rings (SSSR count). The lowest BCUT2D eigenvalue weighted by atomic mass is 10.2. The van der Waals surface area contributed by atoms with Crippen molar-refractivity contribution in [1.29, 1.82) is 0 Å². The molecule has 10 nitrogen and oxygen atoms in total. The highest BCUT2D eigenvalue weighted by molar-refractivity contribution is 7.92. The molecule has 0 fully saturated rings. The average Bonchev–Trinajstić information content (AvgIpc) is 3.42. The van der Waals surface area contributed by atoms with E-state index >= 15 is 0 Å². The molecule has 226 valence electrons. The van der Waals surface area contributed by atoms with Gasteiger partial charge >= 0.3 is 0 Å². The van der Waals surface area contributed by atoms with Crippen LogP contribution in [0, 0.1) is 20.8 Å². The zero-order valence-corrected chi connectivity index (χ0v) is 26.2. The Labute approximate surface area is 260 Å². The van der Waals surface area contributed by atoms with Gasteiger partial charge in [-0.2, -0.15) is 5.10 Å². The number of nitrogens with zero attached hydrogens (tertiary/aromatic N) is 5. The van der Waals surface area contributed by atoms with Crippen LogP contribution in [0.4, 0.5) is 5.69 Å². The van der Waals surface area contributed by atoms with Gasteiger partial charge in [-0.1, -0.05) is 48.0 Å². The van der Waals surface area contributed by atoms with Crippen LogP contribution in [0.1, 0.15) is 22.6 Å². The molecule has 3 aromatic carbocycles. The third kappa shape index (κ3) is 5.84. The highest BCUT2D eigenvalue weighted by Gasteiger charge is 2.33. The number of amides is 1. The number of nitrogens with one attached hydrogen (secondary N) is 1. The van der Waals surface area contributed by atoms with Crippen LogP contribution in [-0.4, -0.2) is 41.0 Å². The molecular weight excluding hydrogens is 600 g/mol. The summed E-state index contributed by atoms with van der Waals surface area (Å²) >= 11 is 6.04. The maximum atomic E-state index is 13.9. The van der Waals surface area contributed by atoms with E-state index in [-0.39, 0.29) is 10.6 Å². The zero-order chi connectivity index (χ0) is 31.6. The van der Waals surface area contributed by atoms with Gasteiger partial charge < -0.3 is 4.57 Å². The summed E-state index contributed by atoms with van der Waals surface area (Å²) < 4.78 is 33.6. The Hall–Kier alpha value is -4.87.